The molecule has 13 nitrogen and oxygen atoms in total. The predicted octanol–water partition coefficient (Wildman–Crippen LogP) is 3.23. The van der Waals surface area contributed by atoms with Crippen LogP contribution in [-0.4, -0.2) is 85.7 Å². The second-order valence-electron chi connectivity index (χ2n) is 10.4. The van der Waals surface area contributed by atoms with Crippen LogP contribution >= 0.6 is 0 Å². The van der Waals surface area contributed by atoms with E-state index in [0.717, 1.165) is 10.5 Å². The summed E-state index contributed by atoms with van der Waals surface area (Å²) in [6.07, 6.45) is -3.68. The van der Waals surface area contributed by atoms with Crippen LogP contribution in [0.15, 0.2) is 84.9 Å². The van der Waals surface area contributed by atoms with Crippen molar-refractivity contribution in [2.75, 3.05) is 6.54 Å². The van der Waals surface area contributed by atoms with Gasteiger partial charge in [0, 0.05) is 12.0 Å². The Morgan fingerprint density at radius 3 is 1.84 bits per heavy atom. The van der Waals surface area contributed by atoms with Crippen LogP contribution in [0.3, 0.4) is 0 Å². The minimum Gasteiger partial charge on any atom is -0.480 e. The van der Waals surface area contributed by atoms with Crippen LogP contribution in [0.1, 0.15) is 30.4 Å². The van der Waals surface area contributed by atoms with Crippen molar-refractivity contribution in [1.82, 2.24) is 4.90 Å². The van der Waals surface area contributed by atoms with Gasteiger partial charge in [0.25, 0.3) is 5.91 Å². The van der Waals surface area contributed by atoms with Crippen LogP contribution in [0, 0.1) is 0 Å². The number of carboxylic acid groups (broad SMARTS) is 4. The summed E-state index contributed by atoms with van der Waals surface area (Å²) in [5.74, 6) is -11.8. The zero-order chi connectivity index (χ0) is 32.7. The number of hydrogen-bond acceptors (Lipinski definition) is 8. The number of ether oxygens (including phenoxy) is 3. The van der Waals surface area contributed by atoms with Gasteiger partial charge in [0.05, 0.1) is 0 Å². The fourth-order valence-corrected chi connectivity index (χ4v) is 5.17. The fourth-order valence-electron chi connectivity index (χ4n) is 5.17. The zero-order valence-corrected chi connectivity index (χ0v) is 24.0. The highest BCUT2D eigenvalue weighted by molar-refractivity contribution is 6.02. The predicted molar refractivity (Wildman–Crippen MR) is 155 cm³/mol. The number of carboxylic acids is 4. The van der Waals surface area contributed by atoms with Crippen LogP contribution in [0.2, 0.25) is 0 Å². The largest absolute Gasteiger partial charge is 0.480 e. The van der Waals surface area contributed by atoms with E-state index < -0.39 is 66.3 Å². The summed E-state index contributed by atoms with van der Waals surface area (Å²) in [5.41, 5.74) is 1.67. The number of hydrogen-bond donors (Lipinski definition) is 4. The van der Waals surface area contributed by atoms with E-state index in [2.05, 4.69) is 0 Å². The number of para-hydroxylation sites is 1. The quantitative estimate of drug-likeness (QED) is 0.192. The molecule has 0 spiro atoms. The summed E-state index contributed by atoms with van der Waals surface area (Å²) in [5, 5.41) is 38.4. The summed E-state index contributed by atoms with van der Waals surface area (Å²) in [4.78, 5) is 62.2. The van der Waals surface area contributed by atoms with Gasteiger partial charge in [-0.3, -0.25) is 9.59 Å². The Bertz CT molecular complexity index is 1510. The first-order chi connectivity index (χ1) is 21.4. The topological polar surface area (TPSA) is 197 Å². The van der Waals surface area contributed by atoms with Crippen molar-refractivity contribution in [2.24, 2.45) is 0 Å². The Labute approximate surface area is 257 Å². The molecule has 4 rings (SSSR count). The molecule has 4 N–H and O–H groups in total. The van der Waals surface area contributed by atoms with Crippen molar-refractivity contribution >= 4 is 29.8 Å². The Balaban J connectivity index is 1.68. The number of rotatable bonds is 14. The lowest BCUT2D eigenvalue weighted by atomic mass is 9.85. The second kappa shape index (κ2) is 14.0. The zero-order valence-electron chi connectivity index (χ0n) is 24.0. The summed E-state index contributed by atoms with van der Waals surface area (Å²) >= 11 is 0. The molecule has 3 aromatic rings. The SMILES string of the molecule is C[C@H]([C@H](CCc1ccccc1)c1ccc(Oc2ccccc2)cc1)N(CC(=O)O)C(=O)[C@@H]1OC(C(=O)O)(C(=O)O)O[C@H]1C(=O)O. The molecule has 0 unspecified atom stereocenters. The van der Waals surface area contributed by atoms with Crippen molar-refractivity contribution in [3.63, 3.8) is 0 Å². The molecule has 0 bridgehead atoms. The number of nitrogens with zero attached hydrogens (tertiary/aromatic N) is 1. The minimum absolute atomic E-state index is 0.409. The van der Waals surface area contributed by atoms with Crippen molar-refractivity contribution in [1.29, 1.82) is 0 Å². The van der Waals surface area contributed by atoms with Gasteiger partial charge in [0.1, 0.15) is 18.0 Å². The van der Waals surface area contributed by atoms with E-state index in [0.29, 0.717) is 29.9 Å². The van der Waals surface area contributed by atoms with Crippen molar-refractivity contribution in [3.05, 3.63) is 96.1 Å². The minimum atomic E-state index is -3.48. The highest BCUT2D eigenvalue weighted by Gasteiger charge is 2.64. The molecule has 0 saturated carbocycles. The van der Waals surface area contributed by atoms with Crippen LogP contribution in [0.25, 0.3) is 0 Å². The van der Waals surface area contributed by atoms with E-state index in [-0.39, 0.29) is 0 Å². The number of aryl methyl sites for hydroxylation is 1. The Morgan fingerprint density at radius 2 is 1.31 bits per heavy atom. The van der Waals surface area contributed by atoms with Crippen molar-refractivity contribution < 1.29 is 58.6 Å². The Kier molecular flexibility index (Phi) is 10.2. The lowest BCUT2D eigenvalue weighted by molar-refractivity contribution is -0.221. The summed E-state index contributed by atoms with van der Waals surface area (Å²) in [7, 11) is 0. The molecule has 1 amide bonds. The third-order valence-electron chi connectivity index (χ3n) is 7.45. The summed E-state index contributed by atoms with van der Waals surface area (Å²) < 4.78 is 15.7. The van der Waals surface area contributed by atoms with Gasteiger partial charge < -0.3 is 39.5 Å². The van der Waals surface area contributed by atoms with Crippen LogP contribution < -0.4 is 4.74 Å². The van der Waals surface area contributed by atoms with Gasteiger partial charge >= 0.3 is 29.7 Å². The molecule has 0 aliphatic carbocycles. The van der Waals surface area contributed by atoms with Gasteiger partial charge in [-0.1, -0.05) is 60.7 Å². The Hall–Kier alpha value is -5.27. The molecule has 0 radical (unpaired) electrons. The number of carbonyl (C=O) groups excluding carboxylic acids is 1. The molecule has 1 saturated heterocycles. The molecule has 13 heteroatoms. The molecular weight excluding hydrogens is 590 g/mol. The smallest absolute Gasteiger partial charge is 0.377 e. The standard InChI is InChI=1S/C32H31NO12/c1-19(33(18-25(34)35)28(36)26-27(29(37)38)45-32(44-26,30(39)40)31(41)42)24(17-12-20-8-4-2-5-9-20)21-13-15-23(16-14-21)43-22-10-6-3-7-11-22/h2-11,13-16,19,24,26-27H,12,17-18H2,1H3,(H,34,35)(H,37,38)(H,39,40)(H,41,42)/t19-,24+,26-,27-/m1/s1. The molecule has 0 aromatic heterocycles. The van der Waals surface area contributed by atoms with Gasteiger partial charge in [-0.2, -0.15) is 0 Å². The van der Waals surface area contributed by atoms with Crippen LogP contribution in [0.5, 0.6) is 11.5 Å². The molecule has 45 heavy (non-hydrogen) atoms. The monoisotopic (exact) mass is 621 g/mol. The first-order valence-corrected chi connectivity index (χ1v) is 13.9. The van der Waals surface area contributed by atoms with Gasteiger partial charge in [-0.25, -0.2) is 14.4 Å². The van der Waals surface area contributed by atoms with Gasteiger partial charge in [0.15, 0.2) is 12.2 Å². The van der Waals surface area contributed by atoms with Crippen molar-refractivity contribution in [3.8, 4) is 11.5 Å². The number of carbonyl (C=O) groups is 5. The average molecular weight is 622 g/mol. The molecule has 3 aromatic carbocycles. The number of aliphatic carboxylic acids is 4. The van der Waals surface area contributed by atoms with E-state index in [9.17, 15) is 44.4 Å². The fraction of sp³-hybridized carbons (Fsp3) is 0.281. The van der Waals surface area contributed by atoms with E-state index in [1.807, 2.05) is 48.5 Å². The van der Waals surface area contributed by atoms with Crippen molar-refractivity contribution in [2.45, 2.75) is 49.7 Å². The second-order valence-corrected chi connectivity index (χ2v) is 10.4. The number of benzene rings is 3. The highest BCUT2D eigenvalue weighted by Crippen LogP contribution is 2.35. The van der Waals surface area contributed by atoms with Gasteiger partial charge in [-0.05, 0) is 55.2 Å². The highest BCUT2D eigenvalue weighted by atomic mass is 16.8. The molecule has 1 heterocycles. The van der Waals surface area contributed by atoms with Gasteiger partial charge in [-0.15, -0.1) is 0 Å². The first kappa shape index (κ1) is 32.6. The molecule has 1 aliphatic rings. The van der Waals surface area contributed by atoms with E-state index in [1.165, 1.54) is 0 Å². The average Bonchev–Trinajstić information content (AvgIpc) is 3.45. The van der Waals surface area contributed by atoms with E-state index in [4.69, 9.17) is 14.2 Å². The Morgan fingerprint density at radius 1 is 0.778 bits per heavy atom. The molecule has 1 aliphatic heterocycles. The third-order valence-corrected chi connectivity index (χ3v) is 7.45. The summed E-state index contributed by atoms with van der Waals surface area (Å²) in [6, 6.07) is 24.5. The lowest BCUT2D eigenvalue weighted by Crippen LogP contribution is -2.53. The maximum Gasteiger partial charge on any atom is 0.377 e. The lowest BCUT2D eigenvalue weighted by Gasteiger charge is -2.36. The third kappa shape index (κ3) is 7.45. The first-order valence-electron chi connectivity index (χ1n) is 13.9. The maximum absolute atomic E-state index is 13.8. The molecule has 236 valence electrons. The molecule has 4 atom stereocenters. The molecular formula is C32H31NO12. The van der Waals surface area contributed by atoms with Crippen LogP contribution in [-0.2, 0) is 39.9 Å². The maximum atomic E-state index is 13.8. The van der Waals surface area contributed by atoms with Gasteiger partial charge in [0.2, 0.25) is 0 Å². The summed E-state index contributed by atoms with van der Waals surface area (Å²) in [6.45, 7) is 0.647. The van der Waals surface area contributed by atoms with E-state index in [1.54, 1.807) is 43.3 Å². The van der Waals surface area contributed by atoms with Crippen LogP contribution in [0.4, 0.5) is 0 Å². The number of amides is 1. The molecule has 1 fully saturated rings. The normalized spacial score (nSPS) is 18.3. The van der Waals surface area contributed by atoms with E-state index >= 15 is 0 Å².